The Morgan fingerprint density at radius 2 is 1.76 bits per heavy atom. The number of hydrogen-bond donors (Lipinski definition) is 1. The monoisotopic (exact) mass is 282 g/mol. The van der Waals surface area contributed by atoms with Crippen molar-refractivity contribution < 1.29 is 8.94 Å². The number of nitrogens with zero attached hydrogens (tertiary/aromatic N) is 1. The molecule has 0 aliphatic rings. The van der Waals surface area contributed by atoms with Gasteiger partial charge in [0.05, 0.1) is 11.8 Å². The second kappa shape index (κ2) is 5.13. The van der Waals surface area contributed by atoms with Gasteiger partial charge in [-0.1, -0.05) is 43.3 Å². The number of nitrogens with two attached hydrogens (primary N) is 1. The molecular weight excluding hydrogens is 264 g/mol. The van der Waals surface area contributed by atoms with E-state index in [0.717, 1.165) is 16.7 Å². The summed E-state index contributed by atoms with van der Waals surface area (Å²) in [4.78, 5) is 0. The molecule has 4 nitrogen and oxygen atoms in total. The van der Waals surface area contributed by atoms with Crippen LogP contribution in [-0.2, 0) is 0 Å². The fraction of sp³-hybridized carbons (Fsp3) is 0.235. The zero-order valence-electron chi connectivity index (χ0n) is 12.4. The highest BCUT2D eigenvalue weighted by Gasteiger charge is 2.21. The molecule has 0 aliphatic heterocycles. The molecule has 3 aromatic rings. The zero-order chi connectivity index (χ0) is 15.0. The van der Waals surface area contributed by atoms with Crippen molar-refractivity contribution in [1.82, 2.24) is 5.16 Å². The van der Waals surface area contributed by atoms with Gasteiger partial charge in [-0.05, 0) is 35.6 Å². The van der Waals surface area contributed by atoms with Crippen LogP contribution in [0.1, 0.15) is 30.9 Å². The molecule has 1 aromatic carbocycles. The van der Waals surface area contributed by atoms with Crippen molar-refractivity contribution in [1.29, 1.82) is 0 Å². The fourth-order valence-electron chi connectivity index (χ4n) is 2.38. The van der Waals surface area contributed by atoms with E-state index in [1.807, 2.05) is 25.1 Å². The van der Waals surface area contributed by atoms with Crippen LogP contribution in [0.25, 0.3) is 22.6 Å². The number of aromatic nitrogens is 1. The normalized spacial score (nSPS) is 11.2. The van der Waals surface area contributed by atoms with E-state index < -0.39 is 0 Å². The molecule has 21 heavy (non-hydrogen) atoms. The summed E-state index contributed by atoms with van der Waals surface area (Å²) in [6.07, 6.45) is 1.63. The summed E-state index contributed by atoms with van der Waals surface area (Å²) in [5, 5.41) is 3.89. The molecule has 0 bridgehead atoms. The van der Waals surface area contributed by atoms with Crippen molar-refractivity contribution in [2.24, 2.45) is 0 Å². The van der Waals surface area contributed by atoms with Crippen LogP contribution in [0.5, 0.6) is 0 Å². The van der Waals surface area contributed by atoms with Gasteiger partial charge in [0.25, 0.3) is 0 Å². The summed E-state index contributed by atoms with van der Waals surface area (Å²) >= 11 is 0. The fourth-order valence-corrected chi connectivity index (χ4v) is 2.38. The van der Waals surface area contributed by atoms with Gasteiger partial charge in [-0.3, -0.25) is 0 Å². The maximum absolute atomic E-state index is 5.98. The summed E-state index contributed by atoms with van der Waals surface area (Å²) in [5.41, 5.74) is 10.0. The van der Waals surface area contributed by atoms with Gasteiger partial charge in [-0.15, -0.1) is 0 Å². The maximum atomic E-state index is 5.98. The SMILES string of the molecule is Cc1ccoc1-c1onc(N)c1-c1ccc(C(C)C)cc1. The molecule has 0 saturated carbocycles. The second-order valence-electron chi connectivity index (χ2n) is 5.48. The van der Waals surface area contributed by atoms with Crippen LogP contribution in [0.3, 0.4) is 0 Å². The van der Waals surface area contributed by atoms with Crippen molar-refractivity contribution in [2.75, 3.05) is 5.73 Å². The largest absolute Gasteiger partial charge is 0.461 e. The lowest BCUT2D eigenvalue weighted by Crippen LogP contribution is -1.91. The highest BCUT2D eigenvalue weighted by Crippen LogP contribution is 2.38. The van der Waals surface area contributed by atoms with Crippen LogP contribution in [0.2, 0.25) is 0 Å². The van der Waals surface area contributed by atoms with Crippen LogP contribution in [0.15, 0.2) is 45.5 Å². The van der Waals surface area contributed by atoms with E-state index in [9.17, 15) is 0 Å². The summed E-state index contributed by atoms with van der Waals surface area (Å²) in [5.74, 6) is 2.11. The number of aryl methyl sites for hydroxylation is 1. The molecule has 0 spiro atoms. The third kappa shape index (κ3) is 2.33. The van der Waals surface area contributed by atoms with Gasteiger partial charge in [0.1, 0.15) is 0 Å². The number of furan rings is 1. The first kappa shape index (κ1) is 13.5. The van der Waals surface area contributed by atoms with E-state index in [1.165, 1.54) is 5.56 Å². The Balaban J connectivity index is 2.10. The predicted octanol–water partition coefficient (Wildman–Crippen LogP) is 4.62. The van der Waals surface area contributed by atoms with E-state index in [4.69, 9.17) is 14.7 Å². The van der Waals surface area contributed by atoms with Crippen molar-refractivity contribution >= 4 is 5.82 Å². The van der Waals surface area contributed by atoms with E-state index >= 15 is 0 Å². The molecule has 3 rings (SSSR count). The first-order valence-electron chi connectivity index (χ1n) is 6.98. The van der Waals surface area contributed by atoms with E-state index in [-0.39, 0.29) is 0 Å². The first-order valence-corrected chi connectivity index (χ1v) is 6.98. The molecule has 4 heteroatoms. The number of nitrogen functional groups attached to an aromatic ring is 1. The Labute approximate surface area is 123 Å². The molecule has 0 aliphatic carbocycles. The summed E-state index contributed by atoms with van der Waals surface area (Å²) in [7, 11) is 0. The summed E-state index contributed by atoms with van der Waals surface area (Å²) < 4.78 is 10.9. The second-order valence-corrected chi connectivity index (χ2v) is 5.48. The lowest BCUT2D eigenvalue weighted by atomic mass is 9.98. The lowest BCUT2D eigenvalue weighted by Gasteiger charge is -2.07. The molecule has 0 fully saturated rings. The lowest BCUT2D eigenvalue weighted by molar-refractivity contribution is 0.421. The van der Waals surface area contributed by atoms with Crippen LogP contribution in [-0.4, -0.2) is 5.16 Å². The molecule has 2 N–H and O–H groups in total. The molecule has 0 amide bonds. The topological polar surface area (TPSA) is 65.2 Å². The van der Waals surface area contributed by atoms with Gasteiger partial charge in [-0.2, -0.15) is 0 Å². The van der Waals surface area contributed by atoms with Gasteiger partial charge in [-0.25, -0.2) is 0 Å². The van der Waals surface area contributed by atoms with Crippen LogP contribution in [0.4, 0.5) is 5.82 Å². The number of hydrogen-bond acceptors (Lipinski definition) is 4. The van der Waals surface area contributed by atoms with Crippen LogP contribution < -0.4 is 5.73 Å². The molecule has 0 saturated heterocycles. The Morgan fingerprint density at radius 1 is 1.05 bits per heavy atom. The Hall–Kier alpha value is -2.49. The van der Waals surface area contributed by atoms with Gasteiger partial charge >= 0.3 is 0 Å². The molecule has 0 atom stereocenters. The molecule has 2 aromatic heterocycles. The van der Waals surface area contributed by atoms with Crippen molar-refractivity contribution in [3.8, 4) is 22.6 Å². The van der Waals surface area contributed by atoms with Crippen molar-refractivity contribution in [3.63, 3.8) is 0 Å². The minimum atomic E-state index is 0.373. The number of benzene rings is 1. The Bertz CT molecular complexity index is 751. The quantitative estimate of drug-likeness (QED) is 0.761. The highest BCUT2D eigenvalue weighted by atomic mass is 16.5. The third-order valence-corrected chi connectivity index (χ3v) is 3.65. The summed E-state index contributed by atoms with van der Waals surface area (Å²) in [6.45, 7) is 6.30. The molecule has 0 unspecified atom stereocenters. The van der Waals surface area contributed by atoms with Crippen molar-refractivity contribution in [2.45, 2.75) is 26.7 Å². The van der Waals surface area contributed by atoms with Gasteiger partial charge in [0.2, 0.25) is 5.76 Å². The average molecular weight is 282 g/mol. The minimum absolute atomic E-state index is 0.373. The third-order valence-electron chi connectivity index (χ3n) is 3.65. The molecule has 2 heterocycles. The Kier molecular flexibility index (Phi) is 3.29. The molecule has 0 radical (unpaired) electrons. The minimum Gasteiger partial charge on any atom is -0.461 e. The maximum Gasteiger partial charge on any atom is 0.212 e. The zero-order valence-corrected chi connectivity index (χ0v) is 12.4. The van der Waals surface area contributed by atoms with Gasteiger partial charge in [0.15, 0.2) is 11.6 Å². The summed E-state index contributed by atoms with van der Waals surface area (Å²) in [6, 6.07) is 10.2. The van der Waals surface area contributed by atoms with E-state index in [2.05, 4.69) is 31.1 Å². The number of anilines is 1. The average Bonchev–Trinajstić information content (AvgIpc) is 3.04. The highest BCUT2D eigenvalue weighted by molar-refractivity contribution is 5.85. The van der Waals surface area contributed by atoms with Crippen LogP contribution >= 0.6 is 0 Å². The smallest absolute Gasteiger partial charge is 0.212 e. The van der Waals surface area contributed by atoms with Crippen molar-refractivity contribution in [3.05, 3.63) is 47.7 Å². The van der Waals surface area contributed by atoms with Crippen LogP contribution in [0, 0.1) is 6.92 Å². The predicted molar refractivity (Wildman–Crippen MR) is 82.9 cm³/mol. The number of rotatable bonds is 3. The van der Waals surface area contributed by atoms with Gasteiger partial charge < -0.3 is 14.7 Å². The Morgan fingerprint density at radius 3 is 2.33 bits per heavy atom. The molecular formula is C17H18N2O2. The standard InChI is InChI=1S/C17H18N2O2/c1-10(2)12-4-6-13(7-5-12)14-16(21-19-17(14)18)15-11(3)8-9-20-15/h4-10H,1-3H3,(H2,18,19). The first-order chi connectivity index (χ1) is 10.1. The van der Waals surface area contributed by atoms with Gasteiger partial charge in [0, 0.05) is 0 Å². The van der Waals surface area contributed by atoms with E-state index in [0.29, 0.717) is 23.3 Å². The van der Waals surface area contributed by atoms with E-state index in [1.54, 1.807) is 6.26 Å². The molecule has 108 valence electrons.